The molecule has 12 N–H and O–H groups in total. The maximum atomic E-state index is 14.2. The predicted octanol–water partition coefficient (Wildman–Crippen LogP) is -3.34. The fourth-order valence-electron chi connectivity index (χ4n) is 6.78. The van der Waals surface area contributed by atoms with Gasteiger partial charge >= 0.3 is 5.97 Å². The minimum Gasteiger partial charge on any atom is -0.508 e. The lowest BCUT2D eigenvalue weighted by Gasteiger charge is -2.44. The maximum Gasteiger partial charge on any atom is 0.339 e. The van der Waals surface area contributed by atoms with Crippen LogP contribution in [0.5, 0.6) is 28.7 Å². The van der Waals surface area contributed by atoms with Gasteiger partial charge in [-0.05, 0) is 30.3 Å². The molecule has 3 saturated heterocycles. The molecule has 14 unspecified atom stereocenters. The van der Waals surface area contributed by atoms with E-state index >= 15 is 0 Å². The smallest absolute Gasteiger partial charge is 0.339 e. The highest BCUT2D eigenvalue weighted by molar-refractivity contribution is 5.89. The third-order valence-corrected chi connectivity index (χ3v) is 10.1. The summed E-state index contributed by atoms with van der Waals surface area (Å²) in [6.45, 7) is -2.10. The molecule has 2 aromatic carbocycles. The molecule has 0 bridgehead atoms. The second-order valence-corrected chi connectivity index (χ2v) is 14.3. The summed E-state index contributed by atoms with van der Waals surface area (Å²) in [5.74, 6) is -4.69. The van der Waals surface area contributed by atoms with Crippen LogP contribution in [0.2, 0.25) is 0 Å². The summed E-state index contributed by atoms with van der Waals surface area (Å²) in [5.41, 5.74) is -1.69. The number of carbonyl (C=O) groups is 1. The van der Waals surface area contributed by atoms with Gasteiger partial charge in [0.05, 0.1) is 18.8 Å². The number of aromatic hydroxyl groups is 3. The number of hydrogen-bond donors (Lipinski definition) is 12. The lowest BCUT2D eigenvalue weighted by atomic mass is 9.98. The van der Waals surface area contributed by atoms with Gasteiger partial charge in [0, 0.05) is 30.1 Å². The van der Waals surface area contributed by atoms with E-state index in [9.17, 15) is 70.9 Å². The van der Waals surface area contributed by atoms with Crippen molar-refractivity contribution in [1.82, 2.24) is 4.98 Å². The van der Waals surface area contributed by atoms with Gasteiger partial charge < -0.3 is 98.9 Å². The van der Waals surface area contributed by atoms with Gasteiger partial charge in [-0.2, -0.15) is 0 Å². The van der Waals surface area contributed by atoms with E-state index in [4.69, 9.17) is 37.6 Å². The summed E-state index contributed by atoms with van der Waals surface area (Å²) < 4.78 is 45.2. The van der Waals surface area contributed by atoms with Crippen molar-refractivity contribution in [3.05, 3.63) is 70.6 Å². The van der Waals surface area contributed by atoms with Crippen LogP contribution < -0.4 is 14.9 Å². The third-order valence-electron chi connectivity index (χ3n) is 10.1. The number of nitrogens with zero attached hydrogens (tertiary/aromatic N) is 1. The van der Waals surface area contributed by atoms with Crippen molar-refractivity contribution >= 4 is 16.9 Å². The Hall–Kier alpha value is -5.25. The first-order valence-corrected chi connectivity index (χ1v) is 18.5. The Morgan fingerprint density at radius 3 is 2.21 bits per heavy atom. The molecule has 3 aliphatic rings. The van der Waals surface area contributed by atoms with Crippen LogP contribution >= 0.6 is 0 Å². The number of rotatable bonds is 11. The number of esters is 1. The molecule has 0 radical (unpaired) electrons. The van der Waals surface area contributed by atoms with E-state index in [1.54, 1.807) is 0 Å². The molecule has 3 fully saturated rings. The minimum absolute atomic E-state index is 0.0646. The predicted molar refractivity (Wildman–Crippen MR) is 196 cm³/mol. The van der Waals surface area contributed by atoms with Gasteiger partial charge in [-0.1, -0.05) is 0 Å². The largest absolute Gasteiger partial charge is 0.508 e. The Balaban J connectivity index is 1.23. The molecule has 0 saturated carbocycles. The zero-order chi connectivity index (χ0) is 43.9. The van der Waals surface area contributed by atoms with E-state index < -0.39 is 163 Å². The van der Waals surface area contributed by atoms with E-state index in [-0.39, 0.29) is 11.1 Å². The summed E-state index contributed by atoms with van der Waals surface area (Å²) in [6.07, 6.45) is -22.8. The van der Waals surface area contributed by atoms with Gasteiger partial charge in [0.1, 0.15) is 90.1 Å². The molecule has 0 spiro atoms. The van der Waals surface area contributed by atoms with Gasteiger partial charge in [-0.25, -0.2) is 4.79 Å². The molecule has 7 rings (SSSR count). The molecule has 23 nitrogen and oxygen atoms in total. The molecule has 4 aromatic rings. The Kier molecular flexibility index (Phi) is 12.9. The van der Waals surface area contributed by atoms with Crippen LogP contribution in [0.25, 0.3) is 22.3 Å². The van der Waals surface area contributed by atoms with Crippen LogP contribution in [0.15, 0.2) is 64.1 Å². The first-order valence-electron chi connectivity index (χ1n) is 18.5. The molecule has 0 amide bonds. The van der Waals surface area contributed by atoms with Crippen molar-refractivity contribution < 1.29 is 104 Å². The monoisotopic (exact) mass is 863 g/mol. The number of fused-ring (bicyclic) bond motifs is 1. The highest BCUT2D eigenvalue weighted by Gasteiger charge is 2.51. The lowest BCUT2D eigenvalue weighted by molar-refractivity contribution is -0.345. The van der Waals surface area contributed by atoms with Gasteiger partial charge in [0.15, 0.2) is 29.7 Å². The zero-order valence-electron chi connectivity index (χ0n) is 31.3. The average Bonchev–Trinajstić information content (AvgIpc) is 3.24. The molecule has 23 heteroatoms. The van der Waals surface area contributed by atoms with Crippen molar-refractivity contribution in [2.45, 2.75) is 86.0 Å². The average molecular weight is 864 g/mol. The van der Waals surface area contributed by atoms with E-state index in [2.05, 4.69) is 4.98 Å². The maximum absolute atomic E-state index is 14.2. The van der Waals surface area contributed by atoms with Crippen molar-refractivity contribution in [2.75, 3.05) is 19.8 Å². The number of aromatic nitrogens is 1. The van der Waals surface area contributed by atoms with E-state index in [0.717, 1.165) is 24.3 Å². The summed E-state index contributed by atoms with van der Waals surface area (Å²) in [7, 11) is 0. The van der Waals surface area contributed by atoms with Crippen LogP contribution in [0.1, 0.15) is 10.4 Å². The van der Waals surface area contributed by atoms with Gasteiger partial charge in [-0.15, -0.1) is 0 Å². The van der Waals surface area contributed by atoms with Crippen molar-refractivity contribution in [1.29, 1.82) is 0 Å². The van der Waals surface area contributed by atoms with Gasteiger partial charge in [0.2, 0.25) is 23.8 Å². The molecule has 330 valence electrons. The first kappa shape index (κ1) is 43.8. The van der Waals surface area contributed by atoms with Crippen LogP contribution in [-0.2, 0) is 23.7 Å². The fraction of sp³-hybridized carbons (Fsp3) is 0.447. The number of phenols is 3. The van der Waals surface area contributed by atoms with E-state index in [1.807, 2.05) is 0 Å². The first-order chi connectivity index (χ1) is 29.1. The number of benzene rings is 2. The highest BCUT2D eigenvalue weighted by atomic mass is 16.8. The van der Waals surface area contributed by atoms with Crippen LogP contribution in [0.3, 0.4) is 0 Å². The van der Waals surface area contributed by atoms with E-state index in [1.165, 1.54) is 30.6 Å². The number of phenolic OH excluding ortho intramolecular Hbond substituents is 3. The van der Waals surface area contributed by atoms with E-state index in [0.29, 0.717) is 0 Å². The number of pyridine rings is 1. The number of aliphatic hydroxyl groups excluding tert-OH is 9. The second kappa shape index (κ2) is 18.0. The number of hydrogen-bond acceptors (Lipinski definition) is 23. The Morgan fingerprint density at radius 2 is 1.49 bits per heavy atom. The number of carbonyl (C=O) groups excluding carboxylic acids is 1. The Labute approximate surface area is 341 Å². The molecular weight excluding hydrogens is 822 g/mol. The van der Waals surface area contributed by atoms with Crippen molar-refractivity contribution in [3.8, 4) is 40.1 Å². The van der Waals surface area contributed by atoms with Gasteiger partial charge in [-0.3, -0.25) is 9.78 Å². The topological polar surface area (TPSA) is 368 Å². The number of ether oxygens (including phenoxy) is 7. The number of aliphatic hydroxyl groups is 9. The van der Waals surface area contributed by atoms with Crippen LogP contribution in [0.4, 0.5) is 0 Å². The van der Waals surface area contributed by atoms with Crippen molar-refractivity contribution in [3.63, 3.8) is 0 Å². The summed E-state index contributed by atoms with van der Waals surface area (Å²) in [5, 5.41) is 126. The van der Waals surface area contributed by atoms with Crippen LogP contribution in [0, 0.1) is 0 Å². The molecular formula is C38H41NO22. The second-order valence-electron chi connectivity index (χ2n) is 14.3. The zero-order valence-corrected chi connectivity index (χ0v) is 31.3. The molecule has 14 atom stereocenters. The SMILES string of the molecule is O=C(OCC1OC(Oc2cc(-c3oc4cc(O)cc(O)c4c(=O)c3OC3OC(CO)C(O)C(O)C3OC3OCC(O)C(O)C3O)ccc2O)C(O)C(O)C1O)c1cccnc1. The van der Waals surface area contributed by atoms with Gasteiger partial charge in [0.25, 0.3) is 0 Å². The molecule has 61 heavy (non-hydrogen) atoms. The minimum atomic E-state index is -2.01. The molecule has 2 aromatic heterocycles. The normalized spacial score (nSPS) is 32.9. The third kappa shape index (κ3) is 8.78. The molecule has 0 aliphatic carbocycles. The Morgan fingerprint density at radius 1 is 0.770 bits per heavy atom. The summed E-state index contributed by atoms with van der Waals surface area (Å²) >= 11 is 0. The highest BCUT2D eigenvalue weighted by Crippen LogP contribution is 2.41. The molecule has 3 aliphatic heterocycles. The quantitative estimate of drug-likeness (QED) is 0.0656. The standard InChI is InChI=1S/C38H41NO22/c40-10-21-25(46)29(50)34(61-36-30(51)24(45)18(44)11-55-36)38(58-21)60-33-27(48)23-17(43)7-15(41)8-20(23)56-32(33)13-3-4-16(42)19(6-13)57-37-31(52)28(49)26(47)22(59-37)12-54-35(53)14-2-1-5-39-9-14/h1-9,18,21-22,24-26,28-31,34,36-38,40-47,49-52H,10-12H2. The molecule has 5 heterocycles. The van der Waals surface area contributed by atoms with Crippen LogP contribution in [-0.4, -0.2) is 178 Å². The van der Waals surface area contributed by atoms with Crippen molar-refractivity contribution in [2.24, 2.45) is 0 Å². The summed E-state index contributed by atoms with van der Waals surface area (Å²) in [4.78, 5) is 30.6. The lowest BCUT2D eigenvalue weighted by Crippen LogP contribution is -2.64. The summed E-state index contributed by atoms with van der Waals surface area (Å²) in [6, 6.07) is 7.91. The Bertz CT molecular complexity index is 2240. The fourth-order valence-corrected chi connectivity index (χ4v) is 6.78.